The van der Waals surface area contributed by atoms with Crippen molar-refractivity contribution in [3.8, 4) is 0 Å². The molecule has 0 spiro atoms. The predicted molar refractivity (Wildman–Crippen MR) is 94.4 cm³/mol. The Morgan fingerprint density at radius 1 is 0.870 bits per heavy atom. The second-order valence-corrected chi connectivity index (χ2v) is 7.19. The van der Waals surface area contributed by atoms with Crippen LogP contribution in [-0.2, 0) is 4.79 Å². The van der Waals surface area contributed by atoms with E-state index in [0.29, 0.717) is 6.54 Å². The third kappa shape index (κ3) is 2.89. The Morgan fingerprint density at radius 2 is 1.43 bits per heavy atom. The molecule has 2 aliphatic heterocycles. The van der Waals surface area contributed by atoms with E-state index in [0.717, 1.165) is 34.3 Å². The van der Waals surface area contributed by atoms with E-state index < -0.39 is 0 Å². The lowest BCUT2D eigenvalue weighted by atomic mass is 10.1. The molecule has 118 valence electrons. The number of likely N-dealkylation sites (tertiary alicyclic amines) is 1. The topological polar surface area (TPSA) is 23.6 Å². The molecule has 0 saturated carbocycles. The van der Waals surface area contributed by atoms with Crippen molar-refractivity contribution in [2.45, 2.75) is 29.1 Å². The maximum Gasteiger partial charge on any atom is 0.245 e. The fourth-order valence-corrected chi connectivity index (χ4v) is 4.41. The molecule has 1 saturated heterocycles. The van der Waals surface area contributed by atoms with E-state index in [1.807, 2.05) is 41.3 Å². The third-order valence-corrected chi connectivity index (χ3v) is 5.62. The Balaban J connectivity index is 1.67. The van der Waals surface area contributed by atoms with Crippen LogP contribution in [0.3, 0.4) is 0 Å². The molecule has 2 aromatic carbocycles. The Labute approximate surface area is 141 Å². The van der Waals surface area contributed by atoms with Gasteiger partial charge in [-0.15, -0.1) is 0 Å². The number of anilines is 2. The molecule has 4 rings (SSSR count). The molecule has 3 nitrogen and oxygen atoms in total. The van der Waals surface area contributed by atoms with Gasteiger partial charge in [-0.05, 0) is 50.2 Å². The molecule has 23 heavy (non-hydrogen) atoms. The minimum absolute atomic E-state index is 0.173. The van der Waals surface area contributed by atoms with E-state index in [2.05, 4.69) is 17.0 Å². The van der Waals surface area contributed by atoms with Crippen molar-refractivity contribution in [2.24, 2.45) is 0 Å². The Hall–Kier alpha value is -1.78. The lowest BCUT2D eigenvalue weighted by Gasteiger charge is -2.33. The molecule has 0 N–H and O–H groups in total. The van der Waals surface area contributed by atoms with Crippen molar-refractivity contribution in [2.75, 3.05) is 24.5 Å². The Bertz CT molecular complexity index is 679. The summed E-state index contributed by atoms with van der Waals surface area (Å²) in [5.74, 6) is 0.173. The van der Waals surface area contributed by atoms with Gasteiger partial charge in [0.1, 0.15) is 0 Å². The zero-order valence-electron chi connectivity index (χ0n) is 13.1. The minimum atomic E-state index is 0.173. The van der Waals surface area contributed by atoms with Crippen LogP contribution in [-0.4, -0.2) is 30.4 Å². The molecule has 0 aromatic heterocycles. The van der Waals surface area contributed by atoms with Gasteiger partial charge in [-0.3, -0.25) is 14.6 Å². The highest BCUT2D eigenvalue weighted by Gasteiger charge is 2.28. The van der Waals surface area contributed by atoms with E-state index in [9.17, 15) is 4.79 Å². The second kappa shape index (κ2) is 6.38. The van der Waals surface area contributed by atoms with Crippen LogP contribution in [0.2, 0.25) is 0 Å². The zero-order chi connectivity index (χ0) is 15.6. The molecule has 2 aliphatic rings. The molecule has 0 bridgehead atoms. The van der Waals surface area contributed by atoms with Gasteiger partial charge in [-0.25, -0.2) is 0 Å². The highest BCUT2D eigenvalue weighted by atomic mass is 32.2. The standard InChI is InChI=1S/C19H20N2OS/c22-19(14-20-12-6-1-7-13-20)21-15-8-2-4-10-17(15)23-18-11-5-3-9-16(18)21/h2-5,8-11H,1,6-7,12-14H2. The van der Waals surface area contributed by atoms with E-state index >= 15 is 0 Å². The van der Waals surface area contributed by atoms with Crippen LogP contribution in [0.1, 0.15) is 19.3 Å². The Morgan fingerprint density at radius 3 is 2.04 bits per heavy atom. The number of fused-ring (bicyclic) bond motifs is 2. The summed E-state index contributed by atoms with van der Waals surface area (Å²) in [4.78, 5) is 19.6. The van der Waals surface area contributed by atoms with E-state index in [1.54, 1.807) is 11.8 Å². The van der Waals surface area contributed by atoms with Crippen molar-refractivity contribution in [1.82, 2.24) is 4.90 Å². The number of para-hydroxylation sites is 2. The molecule has 0 unspecified atom stereocenters. The molecule has 0 radical (unpaired) electrons. The van der Waals surface area contributed by atoms with Crippen molar-refractivity contribution in [3.63, 3.8) is 0 Å². The van der Waals surface area contributed by atoms with Gasteiger partial charge in [-0.1, -0.05) is 42.4 Å². The van der Waals surface area contributed by atoms with Gasteiger partial charge in [0, 0.05) is 9.79 Å². The van der Waals surface area contributed by atoms with Gasteiger partial charge >= 0.3 is 0 Å². The summed E-state index contributed by atoms with van der Waals surface area (Å²) >= 11 is 1.74. The fraction of sp³-hybridized carbons (Fsp3) is 0.316. The first-order chi connectivity index (χ1) is 11.3. The number of hydrogen-bond acceptors (Lipinski definition) is 3. The van der Waals surface area contributed by atoms with Crippen LogP contribution in [0.5, 0.6) is 0 Å². The average molecular weight is 324 g/mol. The van der Waals surface area contributed by atoms with E-state index in [4.69, 9.17) is 0 Å². The number of piperidine rings is 1. The summed E-state index contributed by atoms with van der Waals surface area (Å²) in [7, 11) is 0. The summed E-state index contributed by atoms with van der Waals surface area (Å²) in [5, 5.41) is 0. The van der Waals surface area contributed by atoms with Gasteiger partial charge in [0.25, 0.3) is 0 Å². The highest BCUT2D eigenvalue weighted by molar-refractivity contribution is 7.99. The lowest BCUT2D eigenvalue weighted by Crippen LogP contribution is -2.41. The molecule has 0 aliphatic carbocycles. The van der Waals surface area contributed by atoms with Crippen LogP contribution in [0, 0.1) is 0 Å². The van der Waals surface area contributed by atoms with Crippen LogP contribution in [0.25, 0.3) is 0 Å². The van der Waals surface area contributed by atoms with Gasteiger partial charge in [0.15, 0.2) is 0 Å². The summed E-state index contributed by atoms with van der Waals surface area (Å²) in [6.45, 7) is 2.59. The van der Waals surface area contributed by atoms with Gasteiger partial charge in [0.2, 0.25) is 5.91 Å². The number of carbonyl (C=O) groups excluding carboxylic acids is 1. The Kier molecular flexibility index (Phi) is 4.10. The first-order valence-electron chi connectivity index (χ1n) is 8.24. The molecule has 1 amide bonds. The van der Waals surface area contributed by atoms with Crippen LogP contribution in [0.15, 0.2) is 58.3 Å². The molecule has 1 fully saturated rings. The third-order valence-electron chi connectivity index (χ3n) is 4.49. The average Bonchev–Trinajstić information content (AvgIpc) is 2.60. The zero-order valence-corrected chi connectivity index (χ0v) is 13.9. The van der Waals surface area contributed by atoms with Crippen LogP contribution < -0.4 is 4.90 Å². The smallest absolute Gasteiger partial charge is 0.245 e. The van der Waals surface area contributed by atoms with Crippen molar-refractivity contribution >= 4 is 29.0 Å². The molecular formula is C19H20N2OS. The molecule has 2 aromatic rings. The number of carbonyl (C=O) groups is 1. The minimum Gasteiger partial charge on any atom is -0.294 e. The normalized spacial score (nSPS) is 17.5. The fourth-order valence-electron chi connectivity index (χ4n) is 3.35. The van der Waals surface area contributed by atoms with Crippen LogP contribution in [0.4, 0.5) is 11.4 Å². The van der Waals surface area contributed by atoms with Crippen LogP contribution >= 0.6 is 11.8 Å². The first kappa shape index (κ1) is 14.8. The van der Waals surface area contributed by atoms with Crippen molar-refractivity contribution in [3.05, 3.63) is 48.5 Å². The number of amides is 1. The first-order valence-corrected chi connectivity index (χ1v) is 9.06. The largest absolute Gasteiger partial charge is 0.294 e. The summed E-state index contributed by atoms with van der Waals surface area (Å²) in [5.41, 5.74) is 2.02. The second-order valence-electron chi connectivity index (χ2n) is 6.10. The monoisotopic (exact) mass is 324 g/mol. The van der Waals surface area contributed by atoms with Crippen molar-refractivity contribution < 1.29 is 4.79 Å². The number of hydrogen-bond donors (Lipinski definition) is 0. The highest BCUT2D eigenvalue weighted by Crippen LogP contribution is 2.47. The molecule has 4 heteroatoms. The van der Waals surface area contributed by atoms with Crippen molar-refractivity contribution in [1.29, 1.82) is 0 Å². The molecule has 0 atom stereocenters. The quantitative estimate of drug-likeness (QED) is 0.823. The van der Waals surface area contributed by atoms with E-state index in [-0.39, 0.29) is 5.91 Å². The predicted octanol–water partition coefficient (Wildman–Crippen LogP) is 4.30. The van der Waals surface area contributed by atoms with E-state index in [1.165, 1.54) is 19.3 Å². The number of rotatable bonds is 2. The molecular weight excluding hydrogens is 304 g/mol. The maximum atomic E-state index is 13.1. The molecule has 2 heterocycles. The summed E-state index contributed by atoms with van der Waals surface area (Å²) in [6.07, 6.45) is 3.70. The number of nitrogens with zero attached hydrogens (tertiary/aromatic N) is 2. The summed E-state index contributed by atoms with van der Waals surface area (Å²) < 4.78 is 0. The number of benzene rings is 2. The van der Waals surface area contributed by atoms with Gasteiger partial charge in [-0.2, -0.15) is 0 Å². The lowest BCUT2D eigenvalue weighted by molar-refractivity contribution is -0.119. The van der Waals surface area contributed by atoms with Gasteiger partial charge in [0.05, 0.1) is 17.9 Å². The SMILES string of the molecule is O=C(CN1CCCCC1)N1c2ccccc2Sc2ccccc21. The summed E-state index contributed by atoms with van der Waals surface area (Å²) in [6, 6.07) is 16.4. The van der Waals surface area contributed by atoms with Gasteiger partial charge < -0.3 is 0 Å². The maximum absolute atomic E-state index is 13.1.